The summed E-state index contributed by atoms with van der Waals surface area (Å²) in [4.78, 5) is 12.0. The lowest BCUT2D eigenvalue weighted by molar-refractivity contribution is -0.114. The van der Waals surface area contributed by atoms with Gasteiger partial charge in [0.05, 0.1) is 6.54 Å². The quantitative estimate of drug-likeness (QED) is 0.830. The van der Waals surface area contributed by atoms with Crippen LogP contribution in [0.4, 0.5) is 11.4 Å². The van der Waals surface area contributed by atoms with Gasteiger partial charge in [0.2, 0.25) is 5.91 Å². The normalized spacial score (nSPS) is 10.6. The molecule has 0 bridgehead atoms. The summed E-state index contributed by atoms with van der Waals surface area (Å²) < 4.78 is 0. The summed E-state index contributed by atoms with van der Waals surface area (Å²) in [6.07, 6.45) is 0. The van der Waals surface area contributed by atoms with Gasteiger partial charge in [-0.15, -0.1) is 0 Å². The molecule has 0 saturated heterocycles. The molecule has 0 atom stereocenters. The molecule has 0 unspecified atom stereocenters. The van der Waals surface area contributed by atoms with Gasteiger partial charge in [0.25, 0.3) is 0 Å². The molecule has 0 saturated carbocycles. The Kier molecular flexibility index (Phi) is 5.45. The van der Waals surface area contributed by atoms with Crippen molar-refractivity contribution in [2.45, 2.75) is 26.7 Å². The fourth-order valence-electron chi connectivity index (χ4n) is 2.13. The Bertz CT molecular complexity index is 651. The summed E-state index contributed by atoms with van der Waals surface area (Å²) in [6.45, 7) is 6.41. The van der Waals surface area contributed by atoms with Crippen molar-refractivity contribution < 1.29 is 4.79 Å². The fourth-order valence-corrected chi connectivity index (χ4v) is 2.31. The van der Waals surface area contributed by atoms with Gasteiger partial charge in [-0.1, -0.05) is 43.6 Å². The van der Waals surface area contributed by atoms with Crippen LogP contribution in [0.2, 0.25) is 5.02 Å². The molecule has 0 aliphatic carbocycles. The maximum absolute atomic E-state index is 12.0. The number of anilines is 2. The van der Waals surface area contributed by atoms with E-state index >= 15 is 0 Å². The van der Waals surface area contributed by atoms with E-state index < -0.39 is 0 Å². The van der Waals surface area contributed by atoms with E-state index in [1.54, 1.807) is 0 Å². The largest absolute Gasteiger partial charge is 0.376 e. The number of halogens is 1. The average molecular weight is 317 g/mol. The molecule has 0 heterocycles. The first-order valence-corrected chi connectivity index (χ1v) is 7.74. The van der Waals surface area contributed by atoms with Gasteiger partial charge in [-0.25, -0.2) is 0 Å². The predicted octanol–water partition coefficient (Wildman–Crippen LogP) is 4.82. The number of carbonyl (C=O) groups excluding carboxylic acids is 1. The number of hydrogen-bond donors (Lipinski definition) is 2. The smallest absolute Gasteiger partial charge is 0.243 e. The molecule has 0 radical (unpaired) electrons. The average Bonchev–Trinajstić information content (AvgIpc) is 2.49. The van der Waals surface area contributed by atoms with Crippen LogP contribution in [0.15, 0.2) is 42.5 Å². The lowest BCUT2D eigenvalue weighted by Crippen LogP contribution is -2.22. The van der Waals surface area contributed by atoms with E-state index in [1.807, 2.05) is 49.4 Å². The van der Waals surface area contributed by atoms with Gasteiger partial charge in [-0.05, 0) is 48.2 Å². The van der Waals surface area contributed by atoms with Crippen molar-refractivity contribution in [3.63, 3.8) is 0 Å². The zero-order valence-electron chi connectivity index (χ0n) is 13.1. The third kappa shape index (κ3) is 4.25. The standard InChI is InChI=1S/C18H21ClN2O/c1-12(2)14-7-9-15(10-8-14)21-18(22)11-20-17-6-4-5-16(19)13(17)3/h4-10,12,20H,11H2,1-3H3,(H,21,22). The molecule has 0 aromatic heterocycles. The van der Waals surface area contributed by atoms with E-state index in [2.05, 4.69) is 24.5 Å². The van der Waals surface area contributed by atoms with Gasteiger partial charge in [0.15, 0.2) is 0 Å². The molecule has 0 aliphatic rings. The molecule has 2 aromatic rings. The van der Waals surface area contributed by atoms with Gasteiger partial charge >= 0.3 is 0 Å². The molecule has 2 rings (SSSR count). The molecule has 116 valence electrons. The lowest BCUT2D eigenvalue weighted by Gasteiger charge is -2.11. The third-order valence-electron chi connectivity index (χ3n) is 3.57. The van der Waals surface area contributed by atoms with E-state index in [0.29, 0.717) is 10.9 Å². The van der Waals surface area contributed by atoms with Crippen LogP contribution in [0, 0.1) is 6.92 Å². The molecular weight excluding hydrogens is 296 g/mol. The van der Waals surface area contributed by atoms with Crippen LogP contribution in [0.3, 0.4) is 0 Å². The maximum atomic E-state index is 12.0. The first-order chi connectivity index (χ1) is 10.5. The number of benzene rings is 2. The molecular formula is C18H21ClN2O. The van der Waals surface area contributed by atoms with E-state index in [-0.39, 0.29) is 12.5 Å². The Labute approximate surface area is 136 Å². The molecule has 0 fully saturated rings. The number of hydrogen-bond acceptors (Lipinski definition) is 2. The highest BCUT2D eigenvalue weighted by atomic mass is 35.5. The van der Waals surface area contributed by atoms with E-state index in [1.165, 1.54) is 5.56 Å². The molecule has 4 heteroatoms. The Hall–Kier alpha value is -2.00. The molecule has 1 amide bonds. The second-order valence-corrected chi connectivity index (χ2v) is 6.00. The summed E-state index contributed by atoms with van der Waals surface area (Å²) in [6, 6.07) is 13.5. The monoisotopic (exact) mass is 316 g/mol. The number of rotatable bonds is 5. The van der Waals surface area contributed by atoms with Gasteiger partial charge in [0.1, 0.15) is 0 Å². The van der Waals surface area contributed by atoms with Gasteiger partial charge < -0.3 is 10.6 Å². The zero-order valence-corrected chi connectivity index (χ0v) is 13.9. The predicted molar refractivity (Wildman–Crippen MR) is 93.8 cm³/mol. The Morgan fingerprint density at radius 2 is 1.82 bits per heavy atom. The molecule has 0 aliphatic heterocycles. The van der Waals surface area contributed by atoms with Gasteiger partial charge in [-0.3, -0.25) is 4.79 Å². The van der Waals surface area contributed by atoms with Crippen molar-refractivity contribution in [1.29, 1.82) is 0 Å². The molecule has 0 spiro atoms. The summed E-state index contributed by atoms with van der Waals surface area (Å²) in [5.41, 5.74) is 3.88. The Morgan fingerprint density at radius 3 is 2.45 bits per heavy atom. The first-order valence-electron chi connectivity index (χ1n) is 7.36. The van der Waals surface area contributed by atoms with Crippen LogP contribution in [0.1, 0.15) is 30.9 Å². The van der Waals surface area contributed by atoms with Crippen LogP contribution in [0.5, 0.6) is 0 Å². The van der Waals surface area contributed by atoms with Gasteiger partial charge in [0, 0.05) is 16.4 Å². The summed E-state index contributed by atoms with van der Waals surface area (Å²) >= 11 is 6.06. The van der Waals surface area contributed by atoms with Crippen molar-refractivity contribution >= 4 is 28.9 Å². The Morgan fingerprint density at radius 1 is 1.14 bits per heavy atom. The van der Waals surface area contributed by atoms with Crippen LogP contribution >= 0.6 is 11.6 Å². The second-order valence-electron chi connectivity index (χ2n) is 5.59. The first kappa shape index (κ1) is 16.4. The van der Waals surface area contributed by atoms with Crippen molar-refractivity contribution in [3.8, 4) is 0 Å². The van der Waals surface area contributed by atoms with E-state index in [9.17, 15) is 4.79 Å². The minimum atomic E-state index is -0.0864. The highest BCUT2D eigenvalue weighted by Gasteiger charge is 2.06. The molecule has 22 heavy (non-hydrogen) atoms. The number of nitrogens with one attached hydrogen (secondary N) is 2. The summed E-state index contributed by atoms with van der Waals surface area (Å²) in [5, 5.41) is 6.67. The van der Waals surface area contributed by atoms with Crippen LogP contribution in [-0.2, 0) is 4.79 Å². The number of carbonyl (C=O) groups is 1. The summed E-state index contributed by atoms with van der Waals surface area (Å²) in [5.74, 6) is 0.397. The fraction of sp³-hybridized carbons (Fsp3) is 0.278. The minimum Gasteiger partial charge on any atom is -0.376 e. The molecule has 2 aromatic carbocycles. The van der Waals surface area contributed by atoms with E-state index in [4.69, 9.17) is 11.6 Å². The Balaban J connectivity index is 1.91. The highest BCUT2D eigenvalue weighted by molar-refractivity contribution is 6.31. The van der Waals surface area contributed by atoms with Crippen LogP contribution < -0.4 is 10.6 Å². The molecule has 3 nitrogen and oxygen atoms in total. The zero-order chi connectivity index (χ0) is 16.1. The van der Waals surface area contributed by atoms with Crippen molar-refractivity contribution in [2.24, 2.45) is 0 Å². The van der Waals surface area contributed by atoms with E-state index in [0.717, 1.165) is 16.9 Å². The second kappa shape index (κ2) is 7.32. The highest BCUT2D eigenvalue weighted by Crippen LogP contribution is 2.22. The van der Waals surface area contributed by atoms with Crippen molar-refractivity contribution in [3.05, 3.63) is 58.6 Å². The topological polar surface area (TPSA) is 41.1 Å². The lowest BCUT2D eigenvalue weighted by atomic mass is 10.0. The molecule has 2 N–H and O–H groups in total. The maximum Gasteiger partial charge on any atom is 0.243 e. The third-order valence-corrected chi connectivity index (χ3v) is 3.98. The number of amides is 1. The van der Waals surface area contributed by atoms with Crippen LogP contribution in [0.25, 0.3) is 0 Å². The van der Waals surface area contributed by atoms with Crippen LogP contribution in [-0.4, -0.2) is 12.5 Å². The van der Waals surface area contributed by atoms with Crippen molar-refractivity contribution in [1.82, 2.24) is 0 Å². The van der Waals surface area contributed by atoms with Crippen molar-refractivity contribution in [2.75, 3.05) is 17.2 Å². The summed E-state index contributed by atoms with van der Waals surface area (Å²) in [7, 11) is 0. The van der Waals surface area contributed by atoms with Gasteiger partial charge in [-0.2, -0.15) is 0 Å². The SMILES string of the molecule is Cc1c(Cl)cccc1NCC(=O)Nc1ccc(C(C)C)cc1. The minimum absolute atomic E-state index is 0.0864.